The predicted octanol–water partition coefficient (Wildman–Crippen LogP) is 5.09. The first-order chi connectivity index (χ1) is 8.50. The van der Waals surface area contributed by atoms with Crippen molar-refractivity contribution < 1.29 is 13.2 Å². The summed E-state index contributed by atoms with van der Waals surface area (Å²) in [5, 5.41) is 0. The van der Waals surface area contributed by atoms with Crippen LogP contribution in [0.15, 0.2) is 24.3 Å². The summed E-state index contributed by atoms with van der Waals surface area (Å²) in [6, 6.07) is 8.34. The van der Waals surface area contributed by atoms with E-state index in [4.69, 9.17) is 0 Å². The Hall–Kier alpha value is -0.990. The summed E-state index contributed by atoms with van der Waals surface area (Å²) in [5.74, 6) is -0.766. The summed E-state index contributed by atoms with van der Waals surface area (Å²) in [6.45, 7) is 2.10. The normalized spacial score (nSPS) is 25.1. The Kier molecular flexibility index (Phi) is 3.98. The summed E-state index contributed by atoms with van der Waals surface area (Å²) in [7, 11) is 0. The van der Waals surface area contributed by atoms with Gasteiger partial charge in [-0.05, 0) is 49.1 Å². The number of aryl methyl sites for hydroxylation is 1. The van der Waals surface area contributed by atoms with Gasteiger partial charge in [-0.15, -0.1) is 0 Å². The van der Waals surface area contributed by atoms with Crippen molar-refractivity contribution in [2.45, 2.75) is 51.1 Å². The van der Waals surface area contributed by atoms with Crippen LogP contribution in [0.2, 0.25) is 0 Å². The second kappa shape index (κ2) is 5.33. The topological polar surface area (TPSA) is 0 Å². The fraction of sp³-hybridized carbons (Fsp3) is 0.600. The Bertz CT molecular complexity index is 370. The molecular formula is C15H19F3. The maximum Gasteiger partial charge on any atom is 0.391 e. The quantitative estimate of drug-likeness (QED) is 0.691. The zero-order valence-electron chi connectivity index (χ0n) is 10.6. The van der Waals surface area contributed by atoms with Crippen LogP contribution >= 0.6 is 0 Å². The molecule has 0 bridgehead atoms. The van der Waals surface area contributed by atoms with E-state index in [2.05, 4.69) is 31.2 Å². The zero-order chi connectivity index (χ0) is 13.2. The number of hydrogen-bond acceptors (Lipinski definition) is 0. The minimum absolute atomic E-state index is 0.281. The molecule has 1 aliphatic rings. The molecule has 100 valence electrons. The molecule has 0 radical (unpaired) electrons. The van der Waals surface area contributed by atoms with Crippen molar-refractivity contribution >= 4 is 0 Å². The van der Waals surface area contributed by atoms with Crippen LogP contribution in [0.5, 0.6) is 0 Å². The molecule has 1 fully saturated rings. The van der Waals surface area contributed by atoms with Crippen molar-refractivity contribution in [1.29, 1.82) is 0 Å². The molecular weight excluding hydrogens is 237 g/mol. The summed E-state index contributed by atoms with van der Waals surface area (Å²) in [6.07, 6.45) is -1.11. The van der Waals surface area contributed by atoms with E-state index in [1.165, 1.54) is 11.1 Å². The van der Waals surface area contributed by atoms with E-state index in [1.54, 1.807) is 0 Å². The fourth-order valence-corrected chi connectivity index (χ4v) is 2.78. The molecule has 0 aromatic heterocycles. The Balaban J connectivity index is 1.96. The smallest absolute Gasteiger partial charge is 0.171 e. The van der Waals surface area contributed by atoms with Crippen LogP contribution in [0.1, 0.15) is 49.7 Å². The third-order valence-electron chi connectivity index (χ3n) is 4.05. The minimum Gasteiger partial charge on any atom is -0.171 e. The molecule has 0 atom stereocenters. The average Bonchev–Trinajstić information content (AvgIpc) is 2.38. The largest absolute Gasteiger partial charge is 0.391 e. The number of alkyl halides is 3. The molecule has 0 N–H and O–H groups in total. The van der Waals surface area contributed by atoms with Gasteiger partial charge in [0.05, 0.1) is 5.92 Å². The Morgan fingerprint density at radius 2 is 1.56 bits per heavy atom. The third kappa shape index (κ3) is 3.06. The van der Waals surface area contributed by atoms with Gasteiger partial charge in [0.1, 0.15) is 0 Å². The van der Waals surface area contributed by atoms with E-state index in [0.29, 0.717) is 18.8 Å². The molecule has 2 rings (SSSR count). The number of hydrogen-bond donors (Lipinski definition) is 0. The lowest BCUT2D eigenvalue weighted by Crippen LogP contribution is -2.27. The van der Waals surface area contributed by atoms with E-state index in [9.17, 15) is 13.2 Å². The van der Waals surface area contributed by atoms with Crippen molar-refractivity contribution in [3.05, 3.63) is 35.4 Å². The van der Waals surface area contributed by atoms with Crippen LogP contribution in [0.3, 0.4) is 0 Å². The SMILES string of the molecule is CCc1ccc(C2CCC(C(F)(F)F)CC2)cc1. The highest BCUT2D eigenvalue weighted by atomic mass is 19.4. The van der Waals surface area contributed by atoms with Crippen LogP contribution in [-0.2, 0) is 6.42 Å². The van der Waals surface area contributed by atoms with Crippen molar-refractivity contribution in [1.82, 2.24) is 0 Å². The molecule has 18 heavy (non-hydrogen) atoms. The van der Waals surface area contributed by atoms with Gasteiger partial charge >= 0.3 is 6.18 Å². The van der Waals surface area contributed by atoms with Gasteiger partial charge in [-0.25, -0.2) is 0 Å². The molecule has 3 heteroatoms. The monoisotopic (exact) mass is 256 g/mol. The zero-order valence-corrected chi connectivity index (χ0v) is 10.6. The van der Waals surface area contributed by atoms with Gasteiger partial charge < -0.3 is 0 Å². The molecule has 0 nitrogen and oxygen atoms in total. The Morgan fingerprint density at radius 3 is 2.00 bits per heavy atom. The van der Waals surface area contributed by atoms with Crippen molar-refractivity contribution in [2.24, 2.45) is 5.92 Å². The lowest BCUT2D eigenvalue weighted by atomic mass is 9.78. The summed E-state index contributed by atoms with van der Waals surface area (Å²) in [5.41, 5.74) is 2.48. The highest BCUT2D eigenvalue weighted by molar-refractivity contribution is 5.25. The predicted molar refractivity (Wildman–Crippen MR) is 66.6 cm³/mol. The highest BCUT2D eigenvalue weighted by Gasteiger charge is 2.41. The van der Waals surface area contributed by atoms with Gasteiger partial charge in [-0.1, -0.05) is 31.2 Å². The first kappa shape index (κ1) is 13.4. The Morgan fingerprint density at radius 1 is 1.00 bits per heavy atom. The second-order valence-electron chi connectivity index (χ2n) is 5.19. The molecule has 0 aliphatic heterocycles. The van der Waals surface area contributed by atoms with Crippen LogP contribution in [0, 0.1) is 5.92 Å². The first-order valence-electron chi connectivity index (χ1n) is 6.66. The van der Waals surface area contributed by atoms with E-state index in [1.807, 2.05) is 0 Å². The minimum atomic E-state index is -4.00. The molecule has 0 spiro atoms. The van der Waals surface area contributed by atoms with Crippen LogP contribution in [-0.4, -0.2) is 6.18 Å². The molecule has 0 saturated heterocycles. The lowest BCUT2D eigenvalue weighted by Gasteiger charge is -2.30. The summed E-state index contributed by atoms with van der Waals surface area (Å²) in [4.78, 5) is 0. The molecule has 0 unspecified atom stereocenters. The molecule has 0 amide bonds. The Labute approximate surface area is 106 Å². The van der Waals surface area contributed by atoms with E-state index >= 15 is 0 Å². The molecule has 1 aromatic rings. The molecule has 0 heterocycles. The van der Waals surface area contributed by atoms with Crippen molar-refractivity contribution in [3.63, 3.8) is 0 Å². The summed E-state index contributed by atoms with van der Waals surface area (Å²) >= 11 is 0. The number of rotatable bonds is 2. The van der Waals surface area contributed by atoms with Crippen molar-refractivity contribution in [3.8, 4) is 0 Å². The van der Waals surface area contributed by atoms with E-state index < -0.39 is 12.1 Å². The van der Waals surface area contributed by atoms with Crippen LogP contribution in [0.25, 0.3) is 0 Å². The summed E-state index contributed by atoms with van der Waals surface area (Å²) < 4.78 is 37.7. The maximum atomic E-state index is 12.6. The first-order valence-corrected chi connectivity index (χ1v) is 6.66. The van der Waals surface area contributed by atoms with Gasteiger partial charge in [0.2, 0.25) is 0 Å². The number of benzene rings is 1. The van der Waals surface area contributed by atoms with Gasteiger partial charge in [0, 0.05) is 0 Å². The second-order valence-corrected chi connectivity index (χ2v) is 5.19. The lowest BCUT2D eigenvalue weighted by molar-refractivity contribution is -0.182. The molecule has 1 aliphatic carbocycles. The van der Waals surface area contributed by atoms with E-state index in [-0.39, 0.29) is 12.8 Å². The van der Waals surface area contributed by atoms with Gasteiger partial charge in [0.15, 0.2) is 0 Å². The maximum absolute atomic E-state index is 12.6. The average molecular weight is 256 g/mol. The van der Waals surface area contributed by atoms with Gasteiger partial charge in [-0.3, -0.25) is 0 Å². The highest BCUT2D eigenvalue weighted by Crippen LogP contribution is 2.42. The van der Waals surface area contributed by atoms with Crippen LogP contribution in [0.4, 0.5) is 13.2 Å². The third-order valence-corrected chi connectivity index (χ3v) is 4.05. The van der Waals surface area contributed by atoms with E-state index in [0.717, 1.165) is 6.42 Å². The molecule has 1 aromatic carbocycles. The van der Waals surface area contributed by atoms with Gasteiger partial charge in [0.25, 0.3) is 0 Å². The van der Waals surface area contributed by atoms with Crippen molar-refractivity contribution in [2.75, 3.05) is 0 Å². The van der Waals surface area contributed by atoms with Gasteiger partial charge in [-0.2, -0.15) is 13.2 Å². The molecule has 1 saturated carbocycles. The van der Waals surface area contributed by atoms with Crippen LogP contribution < -0.4 is 0 Å². The standard InChI is InChI=1S/C15H19F3/c1-2-11-3-5-12(6-4-11)13-7-9-14(10-8-13)15(16,17)18/h3-6,13-14H,2,7-10H2,1H3. The number of halogens is 3. The fourth-order valence-electron chi connectivity index (χ4n) is 2.78.